The second kappa shape index (κ2) is 9.16. The van der Waals surface area contributed by atoms with Gasteiger partial charge in [0.2, 0.25) is 0 Å². The van der Waals surface area contributed by atoms with E-state index in [0.29, 0.717) is 0 Å². The molecule has 0 N–H and O–H groups in total. The topological polar surface area (TPSA) is 0 Å². The molecule has 2 heteroatoms. The standard InChI is InChI=1S/C28H44Si2/c1-9-11-13-15-21-17-23-24(18-22(21)16-14-12-10-2)26-20-28(30(6,7)8)27(19-25(23)26)29(3,4)5/h17-20H,9-16H2,1-8H3. The molecule has 0 aromatic heterocycles. The number of benzene rings is 2. The molecule has 2 aromatic rings. The Labute approximate surface area is 188 Å². The monoisotopic (exact) mass is 436 g/mol. The van der Waals surface area contributed by atoms with E-state index in [1.54, 1.807) is 32.6 Å². The van der Waals surface area contributed by atoms with Crippen LogP contribution < -0.4 is 10.4 Å². The van der Waals surface area contributed by atoms with Crippen LogP contribution in [0.5, 0.6) is 0 Å². The fraction of sp³-hybridized carbons (Fsp3) is 0.571. The van der Waals surface area contributed by atoms with E-state index in [2.05, 4.69) is 77.4 Å². The van der Waals surface area contributed by atoms with Gasteiger partial charge < -0.3 is 0 Å². The van der Waals surface area contributed by atoms with Gasteiger partial charge in [0.1, 0.15) is 0 Å². The molecule has 0 spiro atoms. The van der Waals surface area contributed by atoms with Crippen molar-refractivity contribution < 1.29 is 0 Å². The molecule has 0 atom stereocenters. The molecule has 0 saturated heterocycles. The van der Waals surface area contributed by atoms with E-state index in [9.17, 15) is 0 Å². The summed E-state index contributed by atoms with van der Waals surface area (Å²) < 4.78 is 0. The number of fused-ring (bicyclic) bond motifs is 4. The maximum Gasteiger partial charge on any atom is 0.0774 e. The smallest absolute Gasteiger partial charge is 0.0656 e. The summed E-state index contributed by atoms with van der Waals surface area (Å²) in [5.41, 5.74) is 9.43. The van der Waals surface area contributed by atoms with Crippen molar-refractivity contribution in [2.75, 3.05) is 0 Å². The zero-order chi connectivity index (χ0) is 22.1. The molecule has 1 aliphatic carbocycles. The zero-order valence-electron chi connectivity index (χ0n) is 21.0. The summed E-state index contributed by atoms with van der Waals surface area (Å²) in [5, 5.41) is 3.43. The van der Waals surface area contributed by atoms with Gasteiger partial charge in [-0.05, 0) is 59.1 Å². The third kappa shape index (κ3) is 4.85. The maximum atomic E-state index is 2.62. The highest BCUT2D eigenvalue weighted by Gasteiger charge is 2.33. The van der Waals surface area contributed by atoms with E-state index in [1.165, 1.54) is 62.5 Å². The second-order valence-electron chi connectivity index (χ2n) is 11.5. The van der Waals surface area contributed by atoms with Crippen LogP contribution in [0.25, 0.3) is 22.3 Å². The number of hydrogen-bond donors (Lipinski definition) is 0. The summed E-state index contributed by atoms with van der Waals surface area (Å²) >= 11 is 0. The van der Waals surface area contributed by atoms with Gasteiger partial charge in [-0.2, -0.15) is 0 Å². The molecule has 0 radical (unpaired) electrons. The molecule has 0 aliphatic heterocycles. The zero-order valence-corrected chi connectivity index (χ0v) is 23.0. The van der Waals surface area contributed by atoms with Crippen molar-refractivity contribution in [2.45, 2.75) is 104 Å². The largest absolute Gasteiger partial charge is 0.0774 e. The first kappa shape index (κ1) is 23.5. The SMILES string of the molecule is CCCCCc1cc2c(cc1CCCCC)-c1cc([Si](C)(C)C)c([Si](C)(C)C)cc1-2. The Bertz CT molecular complexity index is 820. The lowest BCUT2D eigenvalue weighted by Crippen LogP contribution is -2.56. The number of unbranched alkanes of at least 4 members (excludes halogenated alkanes) is 4. The van der Waals surface area contributed by atoms with Crippen LogP contribution in [0.3, 0.4) is 0 Å². The molecule has 0 unspecified atom stereocenters. The maximum absolute atomic E-state index is 2.62. The molecular formula is C28H44Si2. The molecule has 3 rings (SSSR count). The molecule has 0 nitrogen and oxygen atoms in total. The number of aryl methyl sites for hydroxylation is 2. The molecule has 0 fully saturated rings. The lowest BCUT2D eigenvalue weighted by atomic mass is 9.77. The Morgan fingerprint density at radius 3 is 1.13 bits per heavy atom. The van der Waals surface area contributed by atoms with Crippen molar-refractivity contribution in [3.05, 3.63) is 35.4 Å². The lowest BCUT2D eigenvalue weighted by Gasteiger charge is -2.34. The number of rotatable bonds is 10. The Balaban J connectivity index is 2.05. The van der Waals surface area contributed by atoms with Crippen molar-refractivity contribution in [1.82, 2.24) is 0 Å². The van der Waals surface area contributed by atoms with E-state index in [-0.39, 0.29) is 0 Å². The summed E-state index contributed by atoms with van der Waals surface area (Å²) in [4.78, 5) is 0. The number of hydrogen-bond acceptors (Lipinski definition) is 0. The summed E-state index contributed by atoms with van der Waals surface area (Å²) in [7, 11) is -2.73. The predicted molar refractivity (Wildman–Crippen MR) is 143 cm³/mol. The minimum absolute atomic E-state index is 1.26. The van der Waals surface area contributed by atoms with Gasteiger partial charge in [-0.15, -0.1) is 0 Å². The quantitative estimate of drug-likeness (QED) is 0.224. The van der Waals surface area contributed by atoms with Crippen LogP contribution in [0, 0.1) is 0 Å². The van der Waals surface area contributed by atoms with Gasteiger partial charge in [-0.25, -0.2) is 0 Å². The molecule has 0 saturated carbocycles. The molecular weight excluding hydrogens is 392 g/mol. The molecule has 0 amide bonds. The minimum atomic E-state index is -1.37. The van der Waals surface area contributed by atoms with Crippen molar-refractivity contribution >= 4 is 26.5 Å². The second-order valence-corrected chi connectivity index (χ2v) is 21.6. The van der Waals surface area contributed by atoms with E-state index >= 15 is 0 Å². The summed E-state index contributed by atoms with van der Waals surface area (Å²) in [5.74, 6) is 0. The highest BCUT2D eigenvalue weighted by Crippen LogP contribution is 2.48. The molecule has 2 aromatic carbocycles. The van der Waals surface area contributed by atoms with Gasteiger partial charge in [0.15, 0.2) is 0 Å². The van der Waals surface area contributed by atoms with Crippen molar-refractivity contribution in [3.63, 3.8) is 0 Å². The van der Waals surface area contributed by atoms with Gasteiger partial charge >= 0.3 is 0 Å². The fourth-order valence-electron chi connectivity index (χ4n) is 4.96. The first-order chi connectivity index (χ1) is 14.1. The predicted octanol–water partition coefficient (Wildman–Crippen LogP) is 7.89. The molecule has 1 aliphatic rings. The van der Waals surface area contributed by atoms with Crippen LogP contribution in [-0.2, 0) is 12.8 Å². The highest BCUT2D eigenvalue weighted by atomic mass is 28.3. The van der Waals surface area contributed by atoms with Gasteiger partial charge in [0.25, 0.3) is 0 Å². The fourth-order valence-corrected chi connectivity index (χ4v) is 10.1. The van der Waals surface area contributed by atoms with Gasteiger partial charge in [-0.3, -0.25) is 0 Å². The van der Waals surface area contributed by atoms with Crippen LogP contribution in [0.4, 0.5) is 0 Å². The van der Waals surface area contributed by atoms with Crippen LogP contribution in [0.1, 0.15) is 63.5 Å². The van der Waals surface area contributed by atoms with E-state index < -0.39 is 16.1 Å². The average Bonchev–Trinajstić information content (AvgIpc) is 2.65. The van der Waals surface area contributed by atoms with Gasteiger partial charge in [0, 0.05) is 0 Å². The third-order valence-corrected chi connectivity index (χ3v) is 11.1. The van der Waals surface area contributed by atoms with E-state index in [4.69, 9.17) is 0 Å². The van der Waals surface area contributed by atoms with Crippen molar-refractivity contribution in [2.24, 2.45) is 0 Å². The summed E-state index contributed by atoms with van der Waals surface area (Å²) in [6.07, 6.45) is 10.5. The Morgan fingerprint density at radius 1 is 0.500 bits per heavy atom. The van der Waals surface area contributed by atoms with Crippen LogP contribution in [0.15, 0.2) is 24.3 Å². The van der Waals surface area contributed by atoms with Gasteiger partial charge in [0.05, 0.1) is 16.1 Å². The molecule has 0 bridgehead atoms. The molecule has 0 heterocycles. The Kier molecular flexibility index (Phi) is 7.19. The third-order valence-electron chi connectivity index (χ3n) is 6.79. The minimum Gasteiger partial charge on any atom is -0.0656 e. The first-order valence-electron chi connectivity index (χ1n) is 12.4. The van der Waals surface area contributed by atoms with E-state index in [0.717, 1.165) is 0 Å². The molecule has 30 heavy (non-hydrogen) atoms. The van der Waals surface area contributed by atoms with Crippen LogP contribution in [-0.4, -0.2) is 16.1 Å². The summed E-state index contributed by atoms with van der Waals surface area (Å²) in [6.45, 7) is 19.7. The Morgan fingerprint density at radius 2 is 0.833 bits per heavy atom. The summed E-state index contributed by atoms with van der Waals surface area (Å²) in [6, 6.07) is 10.4. The molecule has 164 valence electrons. The average molecular weight is 437 g/mol. The highest BCUT2D eigenvalue weighted by molar-refractivity contribution is 6.98. The Hall–Kier alpha value is -1.13. The first-order valence-corrected chi connectivity index (χ1v) is 19.4. The van der Waals surface area contributed by atoms with Crippen LogP contribution >= 0.6 is 0 Å². The van der Waals surface area contributed by atoms with Crippen LogP contribution in [0.2, 0.25) is 39.3 Å². The lowest BCUT2D eigenvalue weighted by molar-refractivity contribution is 0.693. The normalized spacial score (nSPS) is 13.1. The van der Waals surface area contributed by atoms with Crippen molar-refractivity contribution in [1.29, 1.82) is 0 Å². The van der Waals surface area contributed by atoms with Crippen molar-refractivity contribution in [3.8, 4) is 22.3 Å². The van der Waals surface area contributed by atoms with E-state index in [1.807, 2.05) is 0 Å². The van der Waals surface area contributed by atoms with Gasteiger partial charge in [-0.1, -0.05) is 113 Å².